The highest BCUT2D eigenvalue weighted by molar-refractivity contribution is 14.1. The first-order chi connectivity index (χ1) is 5.05. The minimum Gasteiger partial charge on any atom is -0.318 e. The summed E-state index contributed by atoms with van der Waals surface area (Å²) in [4.78, 5) is 2.07. The van der Waals surface area contributed by atoms with E-state index in [0.717, 1.165) is 6.54 Å². The second-order valence-corrected chi connectivity index (χ2v) is 5.12. The first-order valence-electron chi connectivity index (χ1n) is 3.78. The molecule has 0 aromatic rings. The fraction of sp³-hybridized carbons (Fsp3) is 1.00. The molecule has 1 heterocycles. The van der Waals surface area contributed by atoms with Crippen molar-refractivity contribution in [3.8, 4) is 0 Å². The largest absolute Gasteiger partial charge is 0.318 e. The summed E-state index contributed by atoms with van der Waals surface area (Å²) in [5.41, 5.74) is 0. The van der Waals surface area contributed by atoms with Crippen molar-refractivity contribution >= 4 is 22.6 Å². The number of hydrogen-bond acceptors (Lipinski definition) is 2. The van der Waals surface area contributed by atoms with Crippen molar-refractivity contribution in [1.82, 2.24) is 10.2 Å². The fourth-order valence-corrected chi connectivity index (χ4v) is 2.57. The van der Waals surface area contributed by atoms with Crippen LogP contribution >= 0.6 is 22.6 Å². The highest BCUT2D eigenvalue weighted by atomic mass is 127. The molecule has 0 bridgehead atoms. The molecule has 1 aliphatic rings. The van der Waals surface area contributed by atoms with E-state index in [1.165, 1.54) is 0 Å². The number of hydrogen-bond donors (Lipinski definition) is 1. The fourth-order valence-electron chi connectivity index (χ4n) is 1.52. The zero-order chi connectivity index (χ0) is 8.48. The van der Waals surface area contributed by atoms with Crippen LogP contribution in [0.5, 0.6) is 0 Å². The molecule has 1 N–H and O–H groups in total. The van der Waals surface area contributed by atoms with Gasteiger partial charge in [-0.15, -0.1) is 0 Å². The monoisotopic (exact) mass is 272 g/mol. The quantitative estimate of drug-likeness (QED) is 0.596. The number of likely N-dealkylation sites (N-methyl/N-ethyl adjacent to an activating group) is 2. The predicted molar refractivity (Wildman–Crippen MR) is 52.8 cm³/mol. The predicted octanol–water partition coefficient (Wildman–Crippen LogP) is 1.01. The molecule has 4 heteroatoms. The number of alkyl halides is 2. The van der Waals surface area contributed by atoms with Crippen LogP contribution in [0.25, 0.3) is 0 Å². The average Bonchev–Trinajstić information content (AvgIpc) is 2.07. The van der Waals surface area contributed by atoms with Crippen LogP contribution in [0.2, 0.25) is 0 Å². The van der Waals surface area contributed by atoms with Gasteiger partial charge in [-0.3, -0.25) is 4.90 Å². The summed E-state index contributed by atoms with van der Waals surface area (Å²) in [5, 5.41) is 3.07. The van der Waals surface area contributed by atoms with Crippen molar-refractivity contribution in [3.05, 3.63) is 0 Å². The van der Waals surface area contributed by atoms with E-state index in [9.17, 15) is 4.39 Å². The Labute approximate surface area is 80.7 Å². The summed E-state index contributed by atoms with van der Waals surface area (Å²) in [6.07, 6.45) is 0.644. The van der Waals surface area contributed by atoms with Crippen LogP contribution in [0.4, 0.5) is 4.39 Å². The number of nitrogens with one attached hydrogen (secondary N) is 1. The van der Waals surface area contributed by atoms with Crippen LogP contribution in [-0.4, -0.2) is 41.8 Å². The van der Waals surface area contributed by atoms with E-state index >= 15 is 0 Å². The maximum atomic E-state index is 13.4. The second kappa shape index (κ2) is 3.53. The maximum Gasteiger partial charge on any atom is 0.175 e. The van der Waals surface area contributed by atoms with E-state index in [4.69, 9.17) is 0 Å². The molecule has 0 amide bonds. The lowest BCUT2D eigenvalue weighted by Crippen LogP contribution is -2.33. The third kappa shape index (κ3) is 2.52. The standard InChI is InChI=1S/C7H14FIN2/c1-10-4-6-3-7(8,9)5-11(6)2/h6,10H,3-5H2,1-2H3/t6-,7?/m0/s1. The molecule has 1 fully saturated rings. The molecule has 2 atom stereocenters. The van der Waals surface area contributed by atoms with Crippen molar-refractivity contribution in [2.24, 2.45) is 0 Å². The molecule has 0 radical (unpaired) electrons. The first-order valence-corrected chi connectivity index (χ1v) is 4.86. The van der Waals surface area contributed by atoms with Crippen LogP contribution in [0.3, 0.4) is 0 Å². The average molecular weight is 272 g/mol. The summed E-state index contributed by atoms with van der Waals surface area (Å²) in [7, 11) is 3.88. The lowest BCUT2D eigenvalue weighted by atomic mass is 10.2. The van der Waals surface area contributed by atoms with Gasteiger partial charge in [-0.2, -0.15) is 0 Å². The van der Waals surface area contributed by atoms with Crippen LogP contribution < -0.4 is 5.32 Å². The lowest BCUT2D eigenvalue weighted by molar-refractivity contribution is 0.284. The number of rotatable bonds is 2. The van der Waals surface area contributed by atoms with Crippen molar-refractivity contribution < 1.29 is 4.39 Å². The Balaban J connectivity index is 2.45. The molecule has 2 nitrogen and oxygen atoms in total. The Kier molecular flexibility index (Phi) is 3.10. The highest BCUT2D eigenvalue weighted by Crippen LogP contribution is 2.34. The third-order valence-electron chi connectivity index (χ3n) is 2.08. The van der Waals surface area contributed by atoms with Crippen molar-refractivity contribution in [3.63, 3.8) is 0 Å². The van der Waals surface area contributed by atoms with Crippen molar-refractivity contribution in [1.29, 1.82) is 0 Å². The van der Waals surface area contributed by atoms with Gasteiger partial charge >= 0.3 is 0 Å². The van der Waals surface area contributed by atoms with Crippen molar-refractivity contribution in [2.75, 3.05) is 27.2 Å². The Hall–Kier alpha value is 0.580. The van der Waals surface area contributed by atoms with Gasteiger partial charge in [0.2, 0.25) is 0 Å². The summed E-state index contributed by atoms with van der Waals surface area (Å²) >= 11 is 1.90. The molecular weight excluding hydrogens is 258 g/mol. The summed E-state index contributed by atoms with van der Waals surface area (Å²) in [6, 6.07) is 0.363. The van der Waals surface area contributed by atoms with E-state index in [0.29, 0.717) is 19.0 Å². The maximum absolute atomic E-state index is 13.4. The zero-order valence-electron chi connectivity index (χ0n) is 6.90. The molecule has 1 saturated heterocycles. The zero-order valence-corrected chi connectivity index (χ0v) is 9.06. The molecule has 0 aromatic carbocycles. The van der Waals surface area contributed by atoms with Gasteiger partial charge in [0, 0.05) is 25.6 Å². The molecule has 0 aliphatic carbocycles. The van der Waals surface area contributed by atoms with Gasteiger partial charge in [0.25, 0.3) is 0 Å². The Morgan fingerprint density at radius 3 is 2.82 bits per heavy atom. The molecule has 66 valence electrons. The van der Waals surface area contributed by atoms with Gasteiger partial charge in [-0.25, -0.2) is 4.39 Å². The first kappa shape index (κ1) is 9.67. The van der Waals surface area contributed by atoms with E-state index in [-0.39, 0.29) is 0 Å². The topological polar surface area (TPSA) is 15.3 Å². The molecular formula is C7H14FIN2. The molecule has 1 unspecified atom stereocenters. The smallest absolute Gasteiger partial charge is 0.175 e. The Morgan fingerprint density at radius 1 is 1.82 bits per heavy atom. The van der Waals surface area contributed by atoms with E-state index in [1.54, 1.807) is 0 Å². The molecule has 0 aromatic heterocycles. The van der Waals surface area contributed by atoms with Gasteiger partial charge in [-0.05, 0) is 36.7 Å². The minimum absolute atomic E-state index is 0.363. The Morgan fingerprint density at radius 2 is 2.45 bits per heavy atom. The summed E-state index contributed by atoms with van der Waals surface area (Å²) in [6.45, 7) is 1.44. The van der Waals surface area contributed by atoms with Gasteiger partial charge in [0.1, 0.15) is 0 Å². The van der Waals surface area contributed by atoms with Crippen LogP contribution in [0.15, 0.2) is 0 Å². The SMILES string of the molecule is CNC[C@@H]1CC(F)(I)CN1C. The van der Waals surface area contributed by atoms with Crippen molar-refractivity contribution in [2.45, 2.75) is 16.1 Å². The molecule has 0 spiro atoms. The minimum atomic E-state index is -1.01. The third-order valence-corrected chi connectivity index (χ3v) is 2.86. The highest BCUT2D eigenvalue weighted by Gasteiger charge is 2.39. The molecule has 1 aliphatic heterocycles. The normalized spacial score (nSPS) is 39.8. The van der Waals surface area contributed by atoms with Gasteiger partial charge < -0.3 is 5.32 Å². The van der Waals surface area contributed by atoms with E-state index in [2.05, 4.69) is 10.2 Å². The number of likely N-dealkylation sites (tertiary alicyclic amines) is 1. The van der Waals surface area contributed by atoms with E-state index < -0.39 is 3.68 Å². The van der Waals surface area contributed by atoms with Gasteiger partial charge in [0.15, 0.2) is 3.68 Å². The van der Waals surface area contributed by atoms with E-state index in [1.807, 2.05) is 36.7 Å². The molecule has 11 heavy (non-hydrogen) atoms. The van der Waals surface area contributed by atoms with Gasteiger partial charge in [-0.1, -0.05) is 0 Å². The summed E-state index contributed by atoms with van der Waals surface area (Å²) < 4.78 is 12.3. The Bertz CT molecular complexity index is 140. The molecule has 0 saturated carbocycles. The van der Waals surface area contributed by atoms with Crippen LogP contribution in [0, 0.1) is 0 Å². The molecule has 1 rings (SSSR count). The van der Waals surface area contributed by atoms with Gasteiger partial charge in [0.05, 0.1) is 0 Å². The number of nitrogens with zero attached hydrogens (tertiary/aromatic N) is 1. The van der Waals surface area contributed by atoms with Crippen LogP contribution in [-0.2, 0) is 0 Å². The lowest BCUT2D eigenvalue weighted by Gasteiger charge is -2.17. The van der Waals surface area contributed by atoms with Crippen LogP contribution in [0.1, 0.15) is 6.42 Å². The number of halogens is 2. The summed E-state index contributed by atoms with van der Waals surface area (Å²) in [5.74, 6) is 0. The second-order valence-electron chi connectivity index (χ2n) is 3.19.